The fraction of sp³-hybridized carbons (Fsp3) is 0.392. The Labute approximate surface area is 389 Å². The number of ether oxygens (including phenoxy) is 5. The van der Waals surface area contributed by atoms with E-state index >= 15 is 0 Å². The molecule has 2 aliphatic rings. The van der Waals surface area contributed by atoms with E-state index in [9.17, 15) is 23.6 Å². The molecular formula is C51H59FN4O11. The summed E-state index contributed by atoms with van der Waals surface area (Å²) in [6, 6.07) is 23.8. The number of nitrogens with zero attached hydrogens (tertiary/aromatic N) is 4. The second kappa shape index (κ2) is 23.0. The standard InChI is InChI=1S/C47H55FN4O7.C4H4O4/c1-6-57-41-27-34(28-42(58-7-2)44(41)59-8-3)46(54)51-26-22-47(31-51,35-15-18-39(55-4)40(29-35)56-5)21-25-50-23-19-33(20-24-50)43(53)45-49-37-11-9-10-12-38(37)52(45)30-32-13-16-36(48)17-14-32;5-3(6)1-2-4(7)8/h9-18,27-29,33H,6-8,19-26,30-31H2,1-5H3;1-2H,(H,5,6)(H,7,8). The number of aromatic nitrogens is 2. The molecule has 0 saturated carbocycles. The van der Waals surface area contributed by atoms with Gasteiger partial charge in [0.1, 0.15) is 5.82 Å². The number of likely N-dealkylation sites (tertiary alicyclic amines) is 2. The summed E-state index contributed by atoms with van der Waals surface area (Å²) >= 11 is 0. The van der Waals surface area contributed by atoms with Crippen LogP contribution in [-0.4, -0.2) is 120 Å². The zero-order valence-corrected chi connectivity index (χ0v) is 38.7. The molecule has 1 unspecified atom stereocenters. The van der Waals surface area contributed by atoms with E-state index in [1.807, 2.05) is 66.6 Å². The predicted molar refractivity (Wildman–Crippen MR) is 249 cm³/mol. The smallest absolute Gasteiger partial charge is 0.328 e. The van der Waals surface area contributed by atoms with Crippen molar-refractivity contribution in [3.05, 3.63) is 119 Å². The lowest BCUT2D eigenvalue weighted by Crippen LogP contribution is -2.41. The highest BCUT2D eigenvalue weighted by molar-refractivity contribution is 5.98. The van der Waals surface area contributed by atoms with E-state index in [4.69, 9.17) is 38.9 Å². The SMILES string of the molecule is CCOc1cc(C(=O)N2CCC(CCN3CCC(C(=O)c4nc5ccccc5n4Cc4ccc(F)cc4)CC3)(c3ccc(OC)c(OC)c3)C2)cc(OCC)c1OCC.O=C(O)C=CC(=O)O. The summed E-state index contributed by atoms with van der Waals surface area (Å²) in [5.41, 5.74) is 3.78. The van der Waals surface area contributed by atoms with Crippen molar-refractivity contribution in [1.82, 2.24) is 19.4 Å². The van der Waals surface area contributed by atoms with Crippen LogP contribution in [0.5, 0.6) is 28.7 Å². The minimum atomic E-state index is -1.26. The van der Waals surface area contributed by atoms with Gasteiger partial charge in [-0.3, -0.25) is 9.59 Å². The van der Waals surface area contributed by atoms with Crippen molar-refractivity contribution in [2.75, 3.05) is 66.8 Å². The number of amides is 1. The van der Waals surface area contributed by atoms with E-state index in [2.05, 4.69) is 11.0 Å². The summed E-state index contributed by atoms with van der Waals surface area (Å²) in [5, 5.41) is 15.6. The van der Waals surface area contributed by atoms with Crippen molar-refractivity contribution in [2.45, 2.75) is 58.4 Å². The van der Waals surface area contributed by atoms with Gasteiger partial charge in [0.15, 0.2) is 28.8 Å². The Bertz CT molecular complexity index is 2510. The van der Waals surface area contributed by atoms with E-state index in [0.717, 1.165) is 54.6 Å². The highest BCUT2D eigenvalue weighted by Gasteiger charge is 2.43. The minimum Gasteiger partial charge on any atom is -0.493 e. The van der Waals surface area contributed by atoms with Crippen LogP contribution in [0.1, 0.15) is 78.6 Å². The first-order valence-corrected chi connectivity index (χ1v) is 22.5. The molecule has 2 N–H and O–H groups in total. The third-order valence-electron chi connectivity index (χ3n) is 12.2. The number of piperidine rings is 1. The van der Waals surface area contributed by atoms with Crippen LogP contribution in [0.3, 0.4) is 0 Å². The van der Waals surface area contributed by atoms with E-state index in [0.29, 0.717) is 105 Å². The van der Waals surface area contributed by atoms with Gasteiger partial charge in [-0.05, 0) is 126 Å². The summed E-state index contributed by atoms with van der Waals surface area (Å²) < 4.78 is 44.8. The molecule has 2 aliphatic heterocycles. The fourth-order valence-electron chi connectivity index (χ4n) is 8.80. The molecule has 0 radical (unpaired) electrons. The first-order chi connectivity index (χ1) is 32.3. The van der Waals surface area contributed by atoms with Crippen molar-refractivity contribution in [3.8, 4) is 28.7 Å². The van der Waals surface area contributed by atoms with E-state index in [1.54, 1.807) is 38.5 Å². The van der Waals surface area contributed by atoms with Crippen LogP contribution >= 0.6 is 0 Å². The summed E-state index contributed by atoms with van der Waals surface area (Å²) in [7, 11) is 3.27. The van der Waals surface area contributed by atoms with Gasteiger partial charge in [0, 0.05) is 48.7 Å². The van der Waals surface area contributed by atoms with Crippen LogP contribution in [0.2, 0.25) is 0 Å². The number of methoxy groups -OCH3 is 2. The number of halogens is 1. The third kappa shape index (κ3) is 12.1. The number of rotatable bonds is 19. The number of carboxylic acid groups (broad SMARTS) is 2. The topological polar surface area (TPSA) is 179 Å². The molecule has 2 fully saturated rings. The summed E-state index contributed by atoms with van der Waals surface area (Å²) in [6.45, 7) is 10.8. The van der Waals surface area contributed by atoms with Crippen LogP contribution in [0.4, 0.5) is 4.39 Å². The van der Waals surface area contributed by atoms with Gasteiger partial charge in [-0.25, -0.2) is 19.0 Å². The highest BCUT2D eigenvalue weighted by atomic mass is 19.1. The van der Waals surface area contributed by atoms with Gasteiger partial charge in [-0.1, -0.05) is 30.3 Å². The quantitative estimate of drug-likeness (QED) is 0.0603. The molecule has 1 aromatic heterocycles. The zero-order chi connectivity index (χ0) is 48.1. The second-order valence-corrected chi connectivity index (χ2v) is 16.3. The number of carboxylic acids is 2. The number of hydrogen-bond donors (Lipinski definition) is 2. The van der Waals surface area contributed by atoms with Gasteiger partial charge < -0.3 is 48.3 Å². The van der Waals surface area contributed by atoms with Gasteiger partial charge in [0.25, 0.3) is 5.91 Å². The van der Waals surface area contributed by atoms with Crippen molar-refractivity contribution in [3.63, 3.8) is 0 Å². The predicted octanol–water partition coefficient (Wildman–Crippen LogP) is 7.92. The Hall–Kier alpha value is -6.94. The van der Waals surface area contributed by atoms with Crippen LogP contribution in [-0.2, 0) is 21.5 Å². The Kier molecular flexibility index (Phi) is 17.0. The van der Waals surface area contributed by atoms with Gasteiger partial charge in [-0.2, -0.15) is 0 Å². The molecule has 16 heteroatoms. The normalized spacial score (nSPS) is 16.4. The molecule has 7 rings (SSSR count). The molecule has 5 aromatic rings. The number of carbonyl (C=O) groups is 4. The number of aliphatic carboxylic acids is 2. The van der Waals surface area contributed by atoms with E-state index in [1.165, 1.54) is 12.1 Å². The van der Waals surface area contributed by atoms with E-state index < -0.39 is 11.9 Å². The molecule has 2 saturated heterocycles. The maximum absolute atomic E-state index is 14.4. The molecular weight excluding hydrogens is 864 g/mol. The lowest BCUT2D eigenvalue weighted by molar-refractivity contribution is -0.134. The largest absolute Gasteiger partial charge is 0.493 e. The summed E-state index contributed by atoms with van der Waals surface area (Å²) in [5.74, 6) is 0.205. The van der Waals surface area contributed by atoms with Gasteiger partial charge in [0.05, 0.1) is 45.1 Å². The zero-order valence-electron chi connectivity index (χ0n) is 38.7. The van der Waals surface area contributed by atoms with Crippen molar-refractivity contribution < 1.29 is 57.5 Å². The summed E-state index contributed by atoms with van der Waals surface area (Å²) in [4.78, 5) is 56.8. The number of fused-ring (bicyclic) bond motifs is 1. The Morgan fingerprint density at radius 1 is 0.776 bits per heavy atom. The number of carbonyl (C=O) groups excluding carboxylic acids is 2. The average molecular weight is 923 g/mol. The molecule has 0 bridgehead atoms. The maximum atomic E-state index is 14.4. The molecule has 0 spiro atoms. The van der Waals surface area contributed by atoms with Crippen molar-refractivity contribution in [2.24, 2.45) is 5.92 Å². The monoisotopic (exact) mass is 922 g/mol. The molecule has 67 heavy (non-hydrogen) atoms. The molecule has 3 heterocycles. The second-order valence-electron chi connectivity index (χ2n) is 16.3. The van der Waals surface area contributed by atoms with E-state index in [-0.39, 0.29) is 28.8 Å². The number of imidazole rings is 1. The van der Waals surface area contributed by atoms with Crippen LogP contribution < -0.4 is 23.7 Å². The third-order valence-corrected chi connectivity index (χ3v) is 12.2. The van der Waals surface area contributed by atoms with Gasteiger partial charge in [-0.15, -0.1) is 0 Å². The number of Topliss-reactive ketones (excluding diaryl/α,β-unsaturated/α-hetero) is 1. The number of para-hydroxylation sites is 2. The lowest BCUT2D eigenvalue weighted by Gasteiger charge is -2.36. The maximum Gasteiger partial charge on any atom is 0.328 e. The Morgan fingerprint density at radius 2 is 1.40 bits per heavy atom. The number of hydrogen-bond acceptors (Lipinski definition) is 11. The molecule has 356 valence electrons. The molecule has 15 nitrogen and oxygen atoms in total. The summed E-state index contributed by atoms with van der Waals surface area (Å²) in [6.07, 6.45) is 4.12. The number of benzene rings is 4. The molecule has 1 atom stereocenters. The van der Waals surface area contributed by atoms with Crippen LogP contribution in [0.15, 0.2) is 91.0 Å². The van der Waals surface area contributed by atoms with Crippen molar-refractivity contribution in [1.29, 1.82) is 0 Å². The first kappa shape index (κ1) is 49.5. The first-order valence-electron chi connectivity index (χ1n) is 22.5. The minimum absolute atomic E-state index is 0.0454. The average Bonchev–Trinajstić information content (AvgIpc) is 3.94. The highest BCUT2D eigenvalue weighted by Crippen LogP contribution is 2.44. The Morgan fingerprint density at radius 3 is 2.00 bits per heavy atom. The lowest BCUT2D eigenvalue weighted by atomic mass is 9.76. The number of ketones is 1. The molecule has 1 amide bonds. The fourth-order valence-corrected chi connectivity index (χ4v) is 8.80. The van der Waals surface area contributed by atoms with Gasteiger partial charge in [0.2, 0.25) is 11.5 Å². The molecule has 4 aromatic carbocycles. The van der Waals surface area contributed by atoms with Gasteiger partial charge >= 0.3 is 11.9 Å². The molecule has 0 aliphatic carbocycles. The van der Waals surface area contributed by atoms with Crippen molar-refractivity contribution >= 4 is 34.7 Å². The Balaban J connectivity index is 0.000000848. The van der Waals surface area contributed by atoms with Crippen LogP contribution in [0, 0.1) is 11.7 Å². The van der Waals surface area contributed by atoms with Crippen LogP contribution in [0.25, 0.3) is 11.0 Å².